The van der Waals surface area contributed by atoms with Crippen molar-refractivity contribution in [2.75, 3.05) is 37.7 Å². The number of fused-ring (bicyclic) bond motifs is 1. The van der Waals surface area contributed by atoms with Crippen molar-refractivity contribution in [3.8, 4) is 0 Å². The molecule has 2 aliphatic rings. The van der Waals surface area contributed by atoms with Gasteiger partial charge in [-0.15, -0.1) is 0 Å². The highest BCUT2D eigenvalue weighted by atomic mass is 16.5. The first-order valence-corrected chi connectivity index (χ1v) is 7.09. The molecule has 1 N–H and O–H groups in total. The summed E-state index contributed by atoms with van der Waals surface area (Å²) in [5.74, 6) is -0.928. The van der Waals surface area contributed by atoms with E-state index in [2.05, 4.69) is 0 Å². The SMILES string of the molecule is O=C(O)C1Cc2ccccc2N1CC(=O)N1CCOCC1. The lowest BCUT2D eigenvalue weighted by Crippen LogP contribution is -2.49. The number of carbonyl (C=O) groups excluding carboxylic acids is 1. The van der Waals surface area contributed by atoms with Gasteiger partial charge in [0, 0.05) is 25.2 Å². The molecule has 0 aliphatic carbocycles. The second-order valence-corrected chi connectivity index (χ2v) is 5.31. The second kappa shape index (κ2) is 5.73. The fourth-order valence-electron chi connectivity index (χ4n) is 2.92. The molecular formula is C15H18N2O4. The van der Waals surface area contributed by atoms with Crippen LogP contribution in [0.3, 0.4) is 0 Å². The topological polar surface area (TPSA) is 70.1 Å². The molecule has 6 nitrogen and oxygen atoms in total. The maximum absolute atomic E-state index is 12.4. The molecule has 1 saturated heterocycles. The average molecular weight is 290 g/mol. The van der Waals surface area contributed by atoms with E-state index in [4.69, 9.17) is 4.74 Å². The smallest absolute Gasteiger partial charge is 0.326 e. The van der Waals surface area contributed by atoms with Gasteiger partial charge in [0.15, 0.2) is 0 Å². The molecule has 1 amide bonds. The van der Waals surface area contributed by atoms with Gasteiger partial charge >= 0.3 is 5.97 Å². The molecule has 2 aliphatic heterocycles. The molecule has 0 saturated carbocycles. The van der Waals surface area contributed by atoms with Gasteiger partial charge in [0.1, 0.15) is 6.04 Å². The maximum Gasteiger partial charge on any atom is 0.326 e. The molecule has 0 aromatic heterocycles. The third-order valence-corrected chi connectivity index (χ3v) is 4.04. The van der Waals surface area contributed by atoms with E-state index in [1.54, 1.807) is 9.80 Å². The number of amides is 1. The van der Waals surface area contributed by atoms with Crippen LogP contribution < -0.4 is 4.90 Å². The zero-order valence-corrected chi connectivity index (χ0v) is 11.7. The molecule has 3 rings (SSSR count). The number of hydrogen-bond acceptors (Lipinski definition) is 4. The van der Waals surface area contributed by atoms with Crippen molar-refractivity contribution in [3.05, 3.63) is 29.8 Å². The summed E-state index contributed by atoms with van der Waals surface area (Å²) in [7, 11) is 0. The molecule has 1 unspecified atom stereocenters. The number of aliphatic carboxylic acids is 1. The first-order chi connectivity index (χ1) is 10.2. The number of nitrogens with zero attached hydrogens (tertiary/aromatic N) is 2. The zero-order valence-electron chi connectivity index (χ0n) is 11.7. The molecule has 112 valence electrons. The van der Waals surface area contributed by atoms with Crippen molar-refractivity contribution in [3.63, 3.8) is 0 Å². The van der Waals surface area contributed by atoms with Gasteiger partial charge in [0.25, 0.3) is 0 Å². The Kier molecular flexibility index (Phi) is 3.79. The maximum atomic E-state index is 12.4. The molecule has 6 heteroatoms. The largest absolute Gasteiger partial charge is 0.480 e. The summed E-state index contributed by atoms with van der Waals surface area (Å²) in [5.41, 5.74) is 1.84. The molecule has 1 fully saturated rings. The monoisotopic (exact) mass is 290 g/mol. The minimum Gasteiger partial charge on any atom is -0.480 e. The van der Waals surface area contributed by atoms with Crippen LogP contribution >= 0.6 is 0 Å². The summed E-state index contributed by atoms with van der Waals surface area (Å²) in [6.45, 7) is 2.35. The average Bonchev–Trinajstić information content (AvgIpc) is 2.87. The predicted octanol–water partition coefficient (Wildman–Crippen LogP) is 0.361. The van der Waals surface area contributed by atoms with Crippen LogP contribution in [0.15, 0.2) is 24.3 Å². The van der Waals surface area contributed by atoms with E-state index in [0.717, 1.165) is 11.3 Å². The Morgan fingerprint density at radius 2 is 1.95 bits per heavy atom. The molecule has 0 radical (unpaired) electrons. The van der Waals surface area contributed by atoms with Crippen LogP contribution in [-0.4, -0.2) is 60.8 Å². The Labute approximate surface area is 122 Å². The lowest BCUT2D eigenvalue weighted by molar-refractivity contribution is -0.138. The van der Waals surface area contributed by atoms with Gasteiger partial charge < -0.3 is 19.6 Å². The quantitative estimate of drug-likeness (QED) is 0.870. The number of para-hydroxylation sites is 1. The lowest BCUT2D eigenvalue weighted by Gasteiger charge is -2.31. The number of hydrogen-bond donors (Lipinski definition) is 1. The number of carbonyl (C=O) groups is 2. The molecular weight excluding hydrogens is 272 g/mol. The van der Waals surface area contributed by atoms with Crippen LogP contribution in [0, 0.1) is 0 Å². The third kappa shape index (κ3) is 2.71. The van der Waals surface area contributed by atoms with Crippen molar-refractivity contribution in [1.82, 2.24) is 4.90 Å². The zero-order chi connectivity index (χ0) is 14.8. The fourth-order valence-corrected chi connectivity index (χ4v) is 2.92. The van der Waals surface area contributed by atoms with E-state index >= 15 is 0 Å². The Hall–Kier alpha value is -2.08. The summed E-state index contributed by atoms with van der Waals surface area (Å²) in [6, 6.07) is 6.91. The molecule has 1 aromatic rings. The first kappa shape index (κ1) is 13.9. The molecule has 0 bridgehead atoms. The van der Waals surface area contributed by atoms with Gasteiger partial charge in [-0.1, -0.05) is 18.2 Å². The highest BCUT2D eigenvalue weighted by Gasteiger charge is 2.36. The van der Waals surface area contributed by atoms with E-state index in [1.165, 1.54) is 0 Å². The summed E-state index contributed by atoms with van der Waals surface area (Å²) in [4.78, 5) is 27.3. The van der Waals surface area contributed by atoms with E-state index in [1.807, 2.05) is 24.3 Å². The first-order valence-electron chi connectivity index (χ1n) is 7.09. The van der Waals surface area contributed by atoms with Crippen LogP contribution in [0.25, 0.3) is 0 Å². The number of ether oxygens (including phenoxy) is 1. The predicted molar refractivity (Wildman–Crippen MR) is 76.3 cm³/mol. The molecule has 1 aromatic carbocycles. The Morgan fingerprint density at radius 3 is 2.67 bits per heavy atom. The highest BCUT2D eigenvalue weighted by molar-refractivity contribution is 5.88. The van der Waals surface area contributed by atoms with Crippen LogP contribution in [0.1, 0.15) is 5.56 Å². The van der Waals surface area contributed by atoms with E-state index < -0.39 is 12.0 Å². The van der Waals surface area contributed by atoms with Crippen LogP contribution in [0.2, 0.25) is 0 Å². The summed E-state index contributed by atoms with van der Waals surface area (Å²) in [6.07, 6.45) is 0.446. The number of carboxylic acids is 1. The van der Waals surface area contributed by atoms with Crippen molar-refractivity contribution >= 4 is 17.6 Å². The summed E-state index contributed by atoms with van der Waals surface area (Å²) >= 11 is 0. The van der Waals surface area contributed by atoms with Crippen molar-refractivity contribution in [2.45, 2.75) is 12.5 Å². The van der Waals surface area contributed by atoms with Crippen LogP contribution in [0.5, 0.6) is 0 Å². The van der Waals surface area contributed by atoms with Gasteiger partial charge in [-0.25, -0.2) is 4.79 Å². The van der Waals surface area contributed by atoms with Gasteiger partial charge in [0.05, 0.1) is 19.8 Å². The minimum absolute atomic E-state index is 0.0405. The van der Waals surface area contributed by atoms with Crippen LogP contribution in [0.4, 0.5) is 5.69 Å². The summed E-state index contributed by atoms with van der Waals surface area (Å²) in [5, 5.41) is 9.39. The number of carboxylic acid groups (broad SMARTS) is 1. The Bertz CT molecular complexity index is 554. The van der Waals surface area contributed by atoms with E-state index in [0.29, 0.717) is 32.7 Å². The van der Waals surface area contributed by atoms with Crippen molar-refractivity contribution in [1.29, 1.82) is 0 Å². The Morgan fingerprint density at radius 1 is 1.24 bits per heavy atom. The summed E-state index contributed by atoms with van der Waals surface area (Å²) < 4.78 is 5.23. The van der Waals surface area contributed by atoms with E-state index in [-0.39, 0.29) is 12.5 Å². The third-order valence-electron chi connectivity index (χ3n) is 4.04. The van der Waals surface area contributed by atoms with Crippen LogP contribution in [-0.2, 0) is 20.7 Å². The van der Waals surface area contributed by atoms with Crippen molar-refractivity contribution in [2.24, 2.45) is 0 Å². The van der Waals surface area contributed by atoms with Gasteiger partial charge in [-0.05, 0) is 11.6 Å². The lowest BCUT2D eigenvalue weighted by atomic mass is 10.1. The highest BCUT2D eigenvalue weighted by Crippen LogP contribution is 2.31. The number of anilines is 1. The second-order valence-electron chi connectivity index (χ2n) is 5.31. The normalized spacial score (nSPS) is 21.2. The van der Waals surface area contributed by atoms with Gasteiger partial charge in [0.2, 0.25) is 5.91 Å². The molecule has 1 atom stereocenters. The Balaban J connectivity index is 1.78. The molecule has 0 spiro atoms. The van der Waals surface area contributed by atoms with E-state index in [9.17, 15) is 14.7 Å². The van der Waals surface area contributed by atoms with Gasteiger partial charge in [-0.2, -0.15) is 0 Å². The fraction of sp³-hybridized carbons (Fsp3) is 0.467. The van der Waals surface area contributed by atoms with Crippen molar-refractivity contribution < 1.29 is 19.4 Å². The number of rotatable bonds is 3. The minimum atomic E-state index is -0.888. The molecule has 2 heterocycles. The standard InChI is InChI=1S/C15H18N2O4/c18-14(16-5-7-21-8-6-16)10-17-12-4-2-1-3-11(12)9-13(17)15(19)20/h1-4,13H,5-10H2,(H,19,20). The number of benzene rings is 1. The molecule has 21 heavy (non-hydrogen) atoms. The number of morpholine rings is 1. The van der Waals surface area contributed by atoms with Gasteiger partial charge in [-0.3, -0.25) is 4.79 Å².